The first-order valence-electron chi connectivity index (χ1n) is 6.49. The summed E-state index contributed by atoms with van der Waals surface area (Å²) in [5.41, 5.74) is 2.90. The Morgan fingerprint density at radius 1 is 1.39 bits per heavy atom. The average molecular weight is 268 g/mol. The van der Waals surface area contributed by atoms with Crippen molar-refractivity contribution in [1.82, 2.24) is 5.32 Å². The molecule has 0 aliphatic carbocycles. The van der Waals surface area contributed by atoms with Crippen LogP contribution in [-0.4, -0.2) is 18.3 Å². The lowest BCUT2D eigenvalue weighted by Crippen LogP contribution is -2.29. The fourth-order valence-corrected chi connectivity index (χ4v) is 2.23. The first kappa shape index (κ1) is 15.0. The summed E-state index contributed by atoms with van der Waals surface area (Å²) < 4.78 is 0. The van der Waals surface area contributed by atoms with Gasteiger partial charge in [-0.1, -0.05) is 31.0 Å². The van der Waals surface area contributed by atoms with E-state index in [9.17, 15) is 4.79 Å². The van der Waals surface area contributed by atoms with E-state index in [4.69, 9.17) is 11.6 Å². The summed E-state index contributed by atoms with van der Waals surface area (Å²) in [5.74, 6) is 1.14. The van der Waals surface area contributed by atoms with Crippen molar-refractivity contribution in [3.8, 4) is 0 Å². The van der Waals surface area contributed by atoms with Crippen LogP contribution in [0.3, 0.4) is 0 Å². The van der Waals surface area contributed by atoms with Gasteiger partial charge in [-0.15, -0.1) is 11.6 Å². The molecule has 3 heteroatoms. The predicted octanol–water partition coefficient (Wildman–Crippen LogP) is 3.69. The lowest BCUT2D eigenvalue weighted by atomic mass is 10.0. The Balaban J connectivity index is 2.62. The van der Waals surface area contributed by atoms with Crippen molar-refractivity contribution < 1.29 is 4.79 Å². The van der Waals surface area contributed by atoms with Crippen molar-refractivity contribution in [2.75, 3.05) is 12.4 Å². The molecule has 1 rings (SSSR count). The normalized spacial score (nSPS) is 12.2. The summed E-state index contributed by atoms with van der Waals surface area (Å²) in [6, 6.07) is 5.95. The van der Waals surface area contributed by atoms with Gasteiger partial charge in [-0.2, -0.15) is 0 Å². The van der Waals surface area contributed by atoms with Crippen molar-refractivity contribution in [3.05, 3.63) is 34.9 Å². The second-order valence-corrected chi connectivity index (χ2v) is 5.16. The molecule has 1 aromatic carbocycles. The summed E-state index contributed by atoms with van der Waals surface area (Å²) >= 11 is 5.74. The molecule has 0 saturated heterocycles. The highest BCUT2D eigenvalue weighted by Gasteiger charge is 2.11. The van der Waals surface area contributed by atoms with Crippen molar-refractivity contribution >= 4 is 17.5 Å². The zero-order valence-electron chi connectivity index (χ0n) is 11.4. The Labute approximate surface area is 115 Å². The molecule has 1 aromatic rings. The summed E-state index contributed by atoms with van der Waals surface area (Å²) in [6.07, 6.45) is 1.99. The van der Waals surface area contributed by atoms with Crippen molar-refractivity contribution in [1.29, 1.82) is 0 Å². The summed E-state index contributed by atoms with van der Waals surface area (Å²) in [7, 11) is 0. The summed E-state index contributed by atoms with van der Waals surface area (Å²) in [5, 5.41) is 3.01. The van der Waals surface area contributed by atoms with E-state index in [1.54, 1.807) is 0 Å². The molecule has 0 fully saturated rings. The maximum absolute atomic E-state index is 12.1. The van der Waals surface area contributed by atoms with Crippen molar-refractivity contribution in [3.63, 3.8) is 0 Å². The van der Waals surface area contributed by atoms with E-state index in [-0.39, 0.29) is 5.91 Å². The summed E-state index contributed by atoms with van der Waals surface area (Å²) in [6.45, 7) is 6.79. The molecular formula is C15H22ClNO. The molecule has 2 nitrogen and oxygen atoms in total. The van der Waals surface area contributed by atoms with Gasteiger partial charge in [0, 0.05) is 18.0 Å². The van der Waals surface area contributed by atoms with E-state index in [0.29, 0.717) is 18.3 Å². The number of carbonyl (C=O) groups excluding carboxylic acids is 1. The van der Waals surface area contributed by atoms with Gasteiger partial charge in [0.15, 0.2) is 0 Å². The molecule has 0 heterocycles. The highest BCUT2D eigenvalue weighted by Crippen LogP contribution is 2.12. The van der Waals surface area contributed by atoms with E-state index >= 15 is 0 Å². The quantitative estimate of drug-likeness (QED) is 0.783. The van der Waals surface area contributed by atoms with Crippen LogP contribution in [0.5, 0.6) is 0 Å². The number of halogens is 1. The van der Waals surface area contributed by atoms with Crippen LogP contribution in [0.4, 0.5) is 0 Å². The van der Waals surface area contributed by atoms with Gasteiger partial charge in [0.1, 0.15) is 0 Å². The van der Waals surface area contributed by atoms with Gasteiger partial charge < -0.3 is 5.32 Å². The fraction of sp³-hybridized carbons (Fsp3) is 0.533. The number of nitrogens with one attached hydrogen (secondary N) is 1. The second-order valence-electron chi connectivity index (χ2n) is 4.78. The molecule has 0 aliphatic heterocycles. The third-order valence-corrected chi connectivity index (χ3v) is 3.50. The molecule has 1 atom stereocenters. The number of hydrogen-bond donors (Lipinski definition) is 1. The van der Waals surface area contributed by atoms with Crippen molar-refractivity contribution in [2.24, 2.45) is 5.92 Å². The third kappa shape index (κ3) is 4.34. The molecule has 18 heavy (non-hydrogen) atoms. The molecule has 0 aliphatic rings. The van der Waals surface area contributed by atoms with E-state index in [1.807, 2.05) is 32.0 Å². The zero-order valence-corrected chi connectivity index (χ0v) is 12.2. The highest BCUT2D eigenvalue weighted by molar-refractivity contribution is 6.17. The minimum absolute atomic E-state index is 0.0178. The topological polar surface area (TPSA) is 29.1 Å². The number of alkyl halides is 1. The van der Waals surface area contributed by atoms with Gasteiger partial charge in [0.2, 0.25) is 0 Å². The monoisotopic (exact) mass is 267 g/mol. The second kappa shape index (κ2) is 7.42. The molecule has 1 N–H and O–H groups in total. The van der Waals surface area contributed by atoms with Crippen molar-refractivity contribution in [2.45, 2.75) is 33.6 Å². The minimum Gasteiger partial charge on any atom is -0.352 e. The number of carbonyl (C=O) groups is 1. The lowest BCUT2D eigenvalue weighted by Gasteiger charge is -2.15. The van der Waals surface area contributed by atoms with Crippen LogP contribution in [0, 0.1) is 19.8 Å². The van der Waals surface area contributed by atoms with Gasteiger partial charge in [0.25, 0.3) is 5.91 Å². The molecule has 0 aromatic heterocycles. The molecule has 1 unspecified atom stereocenters. The highest BCUT2D eigenvalue weighted by atomic mass is 35.5. The number of amides is 1. The van der Waals surface area contributed by atoms with Crippen LogP contribution >= 0.6 is 11.6 Å². The standard InChI is InChI=1S/C15H22ClNO/c1-4-13(7-8-16)10-17-15(18)14-9-11(2)5-6-12(14)3/h5-6,9,13H,4,7-8,10H2,1-3H3,(H,17,18). The first-order valence-corrected chi connectivity index (χ1v) is 7.03. The van der Waals surface area contributed by atoms with Crippen LogP contribution < -0.4 is 5.32 Å². The largest absolute Gasteiger partial charge is 0.352 e. The molecular weight excluding hydrogens is 246 g/mol. The zero-order chi connectivity index (χ0) is 13.5. The Kier molecular flexibility index (Phi) is 6.20. The van der Waals surface area contributed by atoms with Gasteiger partial charge >= 0.3 is 0 Å². The molecule has 0 saturated carbocycles. The van der Waals surface area contributed by atoms with E-state index in [1.165, 1.54) is 0 Å². The SMILES string of the molecule is CCC(CCCl)CNC(=O)c1cc(C)ccc1C. The first-order chi connectivity index (χ1) is 8.58. The Morgan fingerprint density at radius 2 is 2.11 bits per heavy atom. The van der Waals surface area contributed by atoms with E-state index in [0.717, 1.165) is 29.5 Å². The number of aryl methyl sites for hydroxylation is 2. The number of hydrogen-bond acceptors (Lipinski definition) is 1. The lowest BCUT2D eigenvalue weighted by molar-refractivity contribution is 0.0946. The maximum Gasteiger partial charge on any atom is 0.251 e. The number of benzene rings is 1. The molecule has 100 valence electrons. The predicted molar refractivity (Wildman–Crippen MR) is 77.4 cm³/mol. The van der Waals surface area contributed by atoms with Gasteiger partial charge in [-0.3, -0.25) is 4.79 Å². The van der Waals surface area contributed by atoms with Crippen LogP contribution in [0.15, 0.2) is 18.2 Å². The molecule has 0 radical (unpaired) electrons. The summed E-state index contributed by atoms with van der Waals surface area (Å²) in [4.78, 5) is 12.1. The third-order valence-electron chi connectivity index (χ3n) is 3.28. The Bertz CT molecular complexity index is 403. The van der Waals surface area contributed by atoms with Crippen LogP contribution in [0.1, 0.15) is 41.3 Å². The van der Waals surface area contributed by atoms with Gasteiger partial charge in [-0.05, 0) is 37.8 Å². The van der Waals surface area contributed by atoms with Gasteiger partial charge in [-0.25, -0.2) is 0 Å². The maximum atomic E-state index is 12.1. The fourth-order valence-electron chi connectivity index (χ4n) is 1.92. The van der Waals surface area contributed by atoms with E-state index in [2.05, 4.69) is 12.2 Å². The molecule has 0 bridgehead atoms. The molecule has 0 spiro atoms. The minimum atomic E-state index is 0.0178. The van der Waals surface area contributed by atoms with Crippen LogP contribution in [-0.2, 0) is 0 Å². The Hall–Kier alpha value is -1.02. The van der Waals surface area contributed by atoms with Crippen LogP contribution in [0.25, 0.3) is 0 Å². The number of rotatable bonds is 6. The smallest absolute Gasteiger partial charge is 0.251 e. The van der Waals surface area contributed by atoms with E-state index < -0.39 is 0 Å². The average Bonchev–Trinajstić information content (AvgIpc) is 2.37. The van der Waals surface area contributed by atoms with Gasteiger partial charge in [0.05, 0.1) is 0 Å². The Morgan fingerprint density at radius 3 is 2.72 bits per heavy atom. The molecule has 1 amide bonds. The van der Waals surface area contributed by atoms with Crippen LogP contribution in [0.2, 0.25) is 0 Å².